The summed E-state index contributed by atoms with van der Waals surface area (Å²) >= 11 is 0. The zero-order valence-electron chi connectivity index (χ0n) is 13.4. The molecule has 1 aromatic carbocycles. The van der Waals surface area contributed by atoms with E-state index >= 15 is 0 Å². The molecule has 3 N–H and O–H groups in total. The van der Waals surface area contributed by atoms with E-state index in [0.717, 1.165) is 5.69 Å². The fourth-order valence-corrected chi connectivity index (χ4v) is 3.64. The number of anilines is 1. The SMILES string of the molecule is CNC(=O)[C@@H]1CN(CCS(=O)(=O)CCC(N)=O)c2ccccc2O1. The highest BCUT2D eigenvalue weighted by Gasteiger charge is 2.30. The van der Waals surface area contributed by atoms with E-state index in [9.17, 15) is 18.0 Å². The van der Waals surface area contributed by atoms with Gasteiger partial charge in [-0.15, -0.1) is 0 Å². The standard InChI is InChI=1S/C15H21N3O5S/c1-17-15(20)13-10-18(11-4-2-3-5-12(11)23-13)7-9-24(21,22)8-6-14(16)19/h2-5,13H,6-10H2,1H3,(H2,16,19)(H,17,20)/t13-/m0/s1. The second-order valence-electron chi connectivity index (χ2n) is 5.50. The van der Waals surface area contributed by atoms with Crippen molar-refractivity contribution in [1.82, 2.24) is 5.32 Å². The van der Waals surface area contributed by atoms with Gasteiger partial charge in [0.15, 0.2) is 15.9 Å². The molecule has 1 atom stereocenters. The quantitative estimate of drug-likeness (QED) is 0.667. The minimum Gasteiger partial charge on any atom is -0.477 e. The first kappa shape index (κ1) is 18.1. The molecule has 0 aliphatic carbocycles. The number of nitrogens with one attached hydrogen (secondary N) is 1. The molecule has 1 aliphatic heterocycles. The van der Waals surface area contributed by atoms with E-state index in [-0.39, 0.29) is 36.9 Å². The molecular formula is C15H21N3O5S. The molecular weight excluding hydrogens is 334 g/mol. The maximum absolute atomic E-state index is 12.0. The Morgan fingerprint density at radius 2 is 2.04 bits per heavy atom. The maximum Gasteiger partial charge on any atom is 0.262 e. The molecule has 2 amide bonds. The highest BCUT2D eigenvalue weighted by atomic mass is 32.2. The first-order valence-corrected chi connectivity index (χ1v) is 9.35. The monoisotopic (exact) mass is 355 g/mol. The van der Waals surface area contributed by atoms with E-state index in [4.69, 9.17) is 10.5 Å². The molecule has 1 heterocycles. The van der Waals surface area contributed by atoms with Crippen molar-refractivity contribution >= 4 is 27.3 Å². The minimum absolute atomic E-state index is 0.130. The van der Waals surface area contributed by atoms with Crippen molar-refractivity contribution in [2.75, 3.05) is 36.5 Å². The Kier molecular flexibility index (Phi) is 5.66. The number of hydrogen-bond acceptors (Lipinski definition) is 6. The molecule has 24 heavy (non-hydrogen) atoms. The molecule has 0 spiro atoms. The number of likely N-dealkylation sites (N-methyl/N-ethyl adjacent to an activating group) is 1. The van der Waals surface area contributed by atoms with Crippen LogP contribution in [0.1, 0.15) is 6.42 Å². The molecule has 0 saturated heterocycles. The van der Waals surface area contributed by atoms with Crippen molar-refractivity contribution in [3.05, 3.63) is 24.3 Å². The van der Waals surface area contributed by atoms with Gasteiger partial charge in [0.2, 0.25) is 5.91 Å². The zero-order valence-corrected chi connectivity index (χ0v) is 14.2. The van der Waals surface area contributed by atoms with Gasteiger partial charge < -0.3 is 20.7 Å². The number of hydrogen-bond donors (Lipinski definition) is 2. The van der Waals surface area contributed by atoms with Crippen LogP contribution in [0.5, 0.6) is 5.75 Å². The van der Waals surface area contributed by atoms with E-state index in [2.05, 4.69) is 5.32 Å². The van der Waals surface area contributed by atoms with Gasteiger partial charge in [-0.3, -0.25) is 9.59 Å². The molecule has 2 rings (SSSR count). The van der Waals surface area contributed by atoms with Gasteiger partial charge in [-0.1, -0.05) is 12.1 Å². The van der Waals surface area contributed by atoms with Gasteiger partial charge in [0.25, 0.3) is 5.91 Å². The van der Waals surface area contributed by atoms with Crippen LogP contribution in [-0.4, -0.2) is 58.0 Å². The highest BCUT2D eigenvalue weighted by molar-refractivity contribution is 7.91. The van der Waals surface area contributed by atoms with Crippen molar-refractivity contribution in [1.29, 1.82) is 0 Å². The first-order chi connectivity index (χ1) is 11.3. The van der Waals surface area contributed by atoms with Gasteiger partial charge in [-0.2, -0.15) is 0 Å². The summed E-state index contributed by atoms with van der Waals surface area (Å²) < 4.78 is 29.7. The number of fused-ring (bicyclic) bond motifs is 1. The molecule has 0 bridgehead atoms. The summed E-state index contributed by atoms with van der Waals surface area (Å²) in [6.45, 7) is 0.455. The molecule has 0 aromatic heterocycles. The number of primary amides is 1. The van der Waals surface area contributed by atoms with Crippen LogP contribution in [0.25, 0.3) is 0 Å². The number of para-hydroxylation sites is 2. The van der Waals surface area contributed by atoms with Crippen LogP contribution >= 0.6 is 0 Å². The Hall–Kier alpha value is -2.29. The van der Waals surface area contributed by atoms with E-state index < -0.39 is 21.8 Å². The van der Waals surface area contributed by atoms with Crippen molar-refractivity contribution in [2.45, 2.75) is 12.5 Å². The van der Waals surface area contributed by atoms with Crippen molar-refractivity contribution in [3.8, 4) is 5.75 Å². The lowest BCUT2D eigenvalue weighted by Crippen LogP contribution is -2.49. The molecule has 0 fully saturated rings. The summed E-state index contributed by atoms with van der Waals surface area (Å²) in [5.74, 6) is -0.782. The third-order valence-corrected chi connectivity index (χ3v) is 5.36. The lowest BCUT2D eigenvalue weighted by Gasteiger charge is -2.35. The average molecular weight is 355 g/mol. The van der Waals surface area contributed by atoms with Crippen LogP contribution < -0.4 is 20.7 Å². The van der Waals surface area contributed by atoms with Gasteiger partial charge in [0, 0.05) is 20.0 Å². The number of benzene rings is 1. The molecule has 0 unspecified atom stereocenters. The first-order valence-electron chi connectivity index (χ1n) is 7.53. The third kappa shape index (κ3) is 4.60. The second-order valence-corrected chi connectivity index (χ2v) is 7.81. The number of nitrogens with two attached hydrogens (primary N) is 1. The Bertz CT molecular complexity index is 720. The third-order valence-electron chi connectivity index (χ3n) is 3.73. The highest BCUT2D eigenvalue weighted by Crippen LogP contribution is 2.32. The predicted molar refractivity (Wildman–Crippen MR) is 89.6 cm³/mol. The molecule has 1 aromatic rings. The number of carbonyl (C=O) groups is 2. The Balaban J connectivity index is 2.10. The van der Waals surface area contributed by atoms with Gasteiger partial charge >= 0.3 is 0 Å². The van der Waals surface area contributed by atoms with E-state index in [1.54, 1.807) is 17.0 Å². The zero-order chi connectivity index (χ0) is 17.7. The summed E-state index contributed by atoms with van der Waals surface area (Å²) in [7, 11) is -1.89. The summed E-state index contributed by atoms with van der Waals surface area (Å²) in [5.41, 5.74) is 5.73. The average Bonchev–Trinajstić information content (AvgIpc) is 2.57. The summed E-state index contributed by atoms with van der Waals surface area (Å²) in [4.78, 5) is 24.4. The van der Waals surface area contributed by atoms with Gasteiger partial charge in [-0.05, 0) is 12.1 Å². The van der Waals surface area contributed by atoms with Crippen LogP contribution in [0, 0.1) is 0 Å². The van der Waals surface area contributed by atoms with Crippen LogP contribution in [0.3, 0.4) is 0 Å². The molecule has 9 heteroatoms. The largest absolute Gasteiger partial charge is 0.477 e. The van der Waals surface area contributed by atoms with E-state index in [1.165, 1.54) is 7.05 Å². The number of rotatable bonds is 7. The summed E-state index contributed by atoms with van der Waals surface area (Å²) in [5, 5.41) is 2.53. The van der Waals surface area contributed by atoms with Crippen molar-refractivity contribution in [2.24, 2.45) is 5.73 Å². The Morgan fingerprint density at radius 3 is 2.71 bits per heavy atom. The molecule has 0 saturated carbocycles. The number of carbonyl (C=O) groups excluding carboxylic acids is 2. The van der Waals surface area contributed by atoms with Crippen LogP contribution in [-0.2, 0) is 19.4 Å². The molecule has 8 nitrogen and oxygen atoms in total. The topological polar surface area (TPSA) is 119 Å². The van der Waals surface area contributed by atoms with Crippen LogP contribution in [0.2, 0.25) is 0 Å². The minimum atomic E-state index is -3.41. The van der Waals surface area contributed by atoms with Gasteiger partial charge in [0.05, 0.1) is 23.7 Å². The lowest BCUT2D eigenvalue weighted by atomic mass is 10.2. The van der Waals surface area contributed by atoms with Crippen LogP contribution in [0.15, 0.2) is 24.3 Å². The molecule has 0 radical (unpaired) electrons. The van der Waals surface area contributed by atoms with E-state index in [1.807, 2.05) is 12.1 Å². The van der Waals surface area contributed by atoms with Gasteiger partial charge in [-0.25, -0.2) is 8.42 Å². The number of ether oxygens (including phenoxy) is 1. The fraction of sp³-hybridized carbons (Fsp3) is 0.467. The van der Waals surface area contributed by atoms with E-state index in [0.29, 0.717) is 5.75 Å². The van der Waals surface area contributed by atoms with Gasteiger partial charge in [0.1, 0.15) is 5.75 Å². The van der Waals surface area contributed by atoms with Crippen LogP contribution in [0.4, 0.5) is 5.69 Å². The smallest absolute Gasteiger partial charge is 0.262 e. The van der Waals surface area contributed by atoms with Crippen molar-refractivity contribution < 1.29 is 22.7 Å². The van der Waals surface area contributed by atoms with Crippen molar-refractivity contribution in [3.63, 3.8) is 0 Å². The fourth-order valence-electron chi connectivity index (χ4n) is 2.42. The number of amides is 2. The summed E-state index contributed by atoms with van der Waals surface area (Å²) in [6, 6.07) is 7.15. The lowest BCUT2D eigenvalue weighted by molar-refractivity contribution is -0.127. The Morgan fingerprint density at radius 1 is 1.33 bits per heavy atom. The Labute approximate surface area is 140 Å². The molecule has 132 valence electrons. The predicted octanol–water partition coefficient (Wildman–Crippen LogP) is -0.710. The normalized spacial score (nSPS) is 16.9. The number of nitrogens with zero attached hydrogens (tertiary/aromatic N) is 1. The molecule has 1 aliphatic rings. The number of sulfone groups is 1. The maximum atomic E-state index is 12.0. The summed E-state index contributed by atoms with van der Waals surface area (Å²) in [6.07, 6.45) is -0.902. The second kappa shape index (κ2) is 7.52.